The quantitative estimate of drug-likeness (QED) is 0.922. The molecule has 0 radical (unpaired) electrons. The summed E-state index contributed by atoms with van der Waals surface area (Å²) in [6.45, 7) is 5.31. The maximum atomic E-state index is 12.5. The third-order valence-electron chi connectivity index (χ3n) is 4.35. The van der Waals surface area contributed by atoms with Gasteiger partial charge >= 0.3 is 0 Å². The minimum atomic E-state index is 0.105. The Hall–Kier alpha value is -1.17. The number of hydrogen-bond acceptors (Lipinski definition) is 4. The molecule has 0 saturated carbocycles. The molecule has 1 saturated heterocycles. The van der Waals surface area contributed by atoms with E-state index in [0.29, 0.717) is 24.7 Å². The highest BCUT2D eigenvalue weighted by Gasteiger charge is 2.33. The average molecular weight is 310 g/mol. The van der Waals surface area contributed by atoms with E-state index in [0.717, 1.165) is 42.0 Å². The summed E-state index contributed by atoms with van der Waals surface area (Å²) in [7, 11) is 1.63. The van der Waals surface area contributed by atoms with E-state index < -0.39 is 0 Å². The van der Waals surface area contributed by atoms with Gasteiger partial charge in [-0.05, 0) is 31.0 Å². The van der Waals surface area contributed by atoms with Gasteiger partial charge in [0.15, 0.2) is 0 Å². The number of ether oxygens (including phenoxy) is 1. The van der Waals surface area contributed by atoms with Gasteiger partial charge in [0, 0.05) is 20.2 Å². The Balaban J connectivity index is 1.83. The number of fused-ring (bicyclic) bond motifs is 1. The van der Waals surface area contributed by atoms with E-state index in [9.17, 15) is 4.79 Å². The lowest BCUT2D eigenvalue weighted by Crippen LogP contribution is -2.33. The fourth-order valence-electron chi connectivity index (χ4n) is 3.12. The molecule has 2 aliphatic heterocycles. The summed E-state index contributed by atoms with van der Waals surface area (Å²) in [4.78, 5) is 19.0. The number of carbonyl (C=O) groups excluding carboxylic acids is 1. The number of pyridine rings is 1. The van der Waals surface area contributed by atoms with Crippen LogP contribution in [0.5, 0.6) is 0 Å². The van der Waals surface area contributed by atoms with Crippen LogP contribution in [0.4, 0.5) is 0 Å². The fourth-order valence-corrected chi connectivity index (χ4v) is 3.34. The lowest BCUT2D eigenvalue weighted by atomic mass is 10.1. The molecule has 0 spiro atoms. The molecule has 114 valence electrons. The van der Waals surface area contributed by atoms with Crippen LogP contribution >= 0.6 is 11.6 Å². The zero-order chi connectivity index (χ0) is 15.0. The minimum absolute atomic E-state index is 0.105. The SMILES string of the molecule is COCc1nc2c(c(C)c1Cl)CN(C(=O)C1CCNC1)C2. The number of methoxy groups -OCH3 is 1. The maximum absolute atomic E-state index is 12.5. The van der Waals surface area contributed by atoms with Crippen LogP contribution < -0.4 is 5.32 Å². The van der Waals surface area contributed by atoms with Gasteiger partial charge in [0.1, 0.15) is 0 Å². The van der Waals surface area contributed by atoms with Gasteiger partial charge in [-0.15, -0.1) is 0 Å². The molecular weight excluding hydrogens is 290 g/mol. The van der Waals surface area contributed by atoms with Gasteiger partial charge in [0.25, 0.3) is 0 Å². The van der Waals surface area contributed by atoms with Crippen molar-refractivity contribution in [2.75, 3.05) is 20.2 Å². The highest BCUT2D eigenvalue weighted by molar-refractivity contribution is 6.32. The summed E-state index contributed by atoms with van der Waals surface area (Å²) in [6.07, 6.45) is 0.924. The summed E-state index contributed by atoms with van der Waals surface area (Å²) >= 11 is 6.35. The molecular formula is C15H20ClN3O2. The monoisotopic (exact) mass is 309 g/mol. The van der Waals surface area contributed by atoms with Crippen LogP contribution in [-0.4, -0.2) is 36.0 Å². The Morgan fingerprint density at radius 2 is 2.33 bits per heavy atom. The van der Waals surface area contributed by atoms with Crippen LogP contribution in [0, 0.1) is 12.8 Å². The van der Waals surface area contributed by atoms with E-state index >= 15 is 0 Å². The van der Waals surface area contributed by atoms with E-state index in [2.05, 4.69) is 10.3 Å². The number of rotatable bonds is 3. The average Bonchev–Trinajstić information content (AvgIpc) is 3.13. The van der Waals surface area contributed by atoms with Gasteiger partial charge in [0.2, 0.25) is 5.91 Å². The molecule has 21 heavy (non-hydrogen) atoms. The molecule has 1 N–H and O–H groups in total. The van der Waals surface area contributed by atoms with Crippen LogP contribution in [-0.2, 0) is 29.2 Å². The van der Waals surface area contributed by atoms with E-state index in [1.54, 1.807) is 7.11 Å². The zero-order valence-electron chi connectivity index (χ0n) is 12.4. The smallest absolute Gasteiger partial charge is 0.227 e. The summed E-state index contributed by atoms with van der Waals surface area (Å²) in [5.41, 5.74) is 3.84. The standard InChI is InChI=1S/C15H20ClN3O2/c1-9-11-6-19(15(20)10-3-4-17-5-10)7-12(11)18-13(8-21-2)14(9)16/h10,17H,3-8H2,1-2H3. The molecule has 1 aromatic rings. The van der Waals surface area contributed by atoms with Crippen molar-refractivity contribution < 1.29 is 9.53 Å². The Morgan fingerprint density at radius 3 is 3.00 bits per heavy atom. The first-order valence-electron chi connectivity index (χ1n) is 7.27. The molecule has 1 aromatic heterocycles. The highest BCUT2D eigenvalue weighted by atomic mass is 35.5. The lowest BCUT2D eigenvalue weighted by molar-refractivity contribution is -0.135. The van der Waals surface area contributed by atoms with Crippen LogP contribution in [0.3, 0.4) is 0 Å². The van der Waals surface area contributed by atoms with Crippen molar-refractivity contribution >= 4 is 17.5 Å². The van der Waals surface area contributed by atoms with Crippen molar-refractivity contribution in [3.63, 3.8) is 0 Å². The molecule has 3 rings (SSSR count). The Kier molecular flexibility index (Phi) is 4.15. The normalized spacial score (nSPS) is 20.9. The molecule has 1 atom stereocenters. The second-order valence-corrected chi connectivity index (χ2v) is 6.12. The molecule has 6 heteroatoms. The van der Waals surface area contributed by atoms with Gasteiger partial charge in [-0.3, -0.25) is 9.78 Å². The summed E-state index contributed by atoms with van der Waals surface area (Å²) in [6, 6.07) is 0. The molecule has 3 heterocycles. The number of hydrogen-bond donors (Lipinski definition) is 1. The van der Waals surface area contributed by atoms with Crippen molar-refractivity contribution in [3.8, 4) is 0 Å². The first kappa shape index (κ1) is 14.8. The number of aromatic nitrogens is 1. The lowest BCUT2D eigenvalue weighted by Gasteiger charge is -2.19. The van der Waals surface area contributed by atoms with E-state index in [4.69, 9.17) is 16.3 Å². The zero-order valence-corrected chi connectivity index (χ0v) is 13.2. The Morgan fingerprint density at radius 1 is 1.52 bits per heavy atom. The molecule has 1 unspecified atom stereocenters. The molecule has 1 amide bonds. The van der Waals surface area contributed by atoms with Gasteiger partial charge in [-0.25, -0.2) is 0 Å². The predicted octanol–water partition coefficient (Wildman–Crippen LogP) is 1.64. The summed E-state index contributed by atoms with van der Waals surface area (Å²) < 4.78 is 5.14. The number of nitrogens with one attached hydrogen (secondary N) is 1. The van der Waals surface area contributed by atoms with Crippen LogP contribution in [0.25, 0.3) is 0 Å². The Bertz CT molecular complexity index is 571. The van der Waals surface area contributed by atoms with Crippen LogP contribution in [0.1, 0.15) is 28.9 Å². The maximum Gasteiger partial charge on any atom is 0.227 e. The fraction of sp³-hybridized carbons (Fsp3) is 0.600. The number of nitrogens with zero attached hydrogens (tertiary/aromatic N) is 2. The summed E-state index contributed by atoms with van der Waals surface area (Å²) in [5, 5.41) is 3.90. The van der Waals surface area contributed by atoms with E-state index in [-0.39, 0.29) is 11.8 Å². The summed E-state index contributed by atoms with van der Waals surface area (Å²) in [5.74, 6) is 0.329. The third kappa shape index (κ3) is 2.65. The predicted molar refractivity (Wildman–Crippen MR) is 79.9 cm³/mol. The van der Waals surface area contributed by atoms with Crippen LogP contribution in [0.15, 0.2) is 0 Å². The van der Waals surface area contributed by atoms with Crippen molar-refractivity contribution in [3.05, 3.63) is 27.5 Å². The van der Waals surface area contributed by atoms with Crippen molar-refractivity contribution in [1.29, 1.82) is 0 Å². The first-order valence-corrected chi connectivity index (χ1v) is 7.64. The topological polar surface area (TPSA) is 54.5 Å². The van der Waals surface area contributed by atoms with E-state index in [1.807, 2.05) is 11.8 Å². The van der Waals surface area contributed by atoms with Gasteiger partial charge < -0.3 is 15.0 Å². The van der Waals surface area contributed by atoms with Crippen molar-refractivity contribution in [2.45, 2.75) is 33.0 Å². The van der Waals surface area contributed by atoms with Crippen molar-refractivity contribution in [2.24, 2.45) is 5.92 Å². The molecule has 0 aromatic carbocycles. The largest absolute Gasteiger partial charge is 0.378 e. The second-order valence-electron chi connectivity index (χ2n) is 5.74. The Labute approximate surface area is 129 Å². The molecule has 2 aliphatic rings. The second kappa shape index (κ2) is 5.91. The number of amides is 1. The van der Waals surface area contributed by atoms with Crippen LogP contribution in [0.2, 0.25) is 5.02 Å². The third-order valence-corrected chi connectivity index (χ3v) is 4.85. The number of halogens is 1. The van der Waals surface area contributed by atoms with Gasteiger partial charge in [0.05, 0.1) is 35.5 Å². The van der Waals surface area contributed by atoms with E-state index in [1.165, 1.54) is 0 Å². The minimum Gasteiger partial charge on any atom is -0.378 e. The molecule has 1 fully saturated rings. The molecule has 0 aliphatic carbocycles. The highest BCUT2D eigenvalue weighted by Crippen LogP contribution is 2.32. The van der Waals surface area contributed by atoms with Gasteiger partial charge in [-0.1, -0.05) is 11.6 Å². The first-order chi connectivity index (χ1) is 10.1. The van der Waals surface area contributed by atoms with Gasteiger partial charge in [-0.2, -0.15) is 0 Å². The number of carbonyl (C=O) groups is 1. The molecule has 5 nitrogen and oxygen atoms in total. The molecule has 0 bridgehead atoms. The van der Waals surface area contributed by atoms with Crippen molar-refractivity contribution in [1.82, 2.24) is 15.2 Å².